The van der Waals surface area contributed by atoms with Crippen LogP contribution in [-0.2, 0) is 17.8 Å². The Bertz CT molecular complexity index is 516. The Morgan fingerprint density at radius 3 is 3.06 bits per heavy atom. The summed E-state index contributed by atoms with van der Waals surface area (Å²) in [6.45, 7) is 3.40. The van der Waals surface area contributed by atoms with E-state index in [0.717, 1.165) is 12.2 Å². The molecule has 0 atom stereocenters. The molecule has 0 unspecified atom stereocenters. The van der Waals surface area contributed by atoms with Gasteiger partial charge in [0.15, 0.2) is 5.69 Å². The van der Waals surface area contributed by atoms with Crippen LogP contribution in [0.2, 0.25) is 0 Å². The SMILES string of the molecule is CCn1cncc1Cn1cc(C(=O)OC)nn1. The molecule has 0 bridgehead atoms. The third-order valence-electron chi connectivity index (χ3n) is 2.40. The maximum Gasteiger partial charge on any atom is 0.360 e. The predicted octanol–water partition coefficient (Wildman–Crippen LogP) is 0.329. The van der Waals surface area contributed by atoms with E-state index in [1.807, 2.05) is 11.5 Å². The van der Waals surface area contributed by atoms with E-state index in [9.17, 15) is 4.79 Å². The van der Waals surface area contributed by atoms with Crippen molar-refractivity contribution in [3.05, 3.63) is 30.1 Å². The van der Waals surface area contributed by atoms with Crippen LogP contribution in [0.5, 0.6) is 0 Å². The lowest BCUT2D eigenvalue weighted by Crippen LogP contribution is -2.06. The van der Waals surface area contributed by atoms with Gasteiger partial charge in [-0.25, -0.2) is 14.5 Å². The van der Waals surface area contributed by atoms with Crippen LogP contribution in [0.25, 0.3) is 0 Å². The number of aromatic nitrogens is 5. The predicted molar refractivity (Wildman–Crippen MR) is 58.4 cm³/mol. The van der Waals surface area contributed by atoms with Gasteiger partial charge < -0.3 is 9.30 Å². The van der Waals surface area contributed by atoms with E-state index in [0.29, 0.717) is 6.54 Å². The number of hydrogen-bond acceptors (Lipinski definition) is 5. The first kappa shape index (κ1) is 11.3. The highest BCUT2D eigenvalue weighted by atomic mass is 16.5. The molecule has 0 saturated heterocycles. The fourth-order valence-electron chi connectivity index (χ4n) is 1.50. The van der Waals surface area contributed by atoms with E-state index >= 15 is 0 Å². The van der Waals surface area contributed by atoms with Crippen LogP contribution >= 0.6 is 0 Å². The second kappa shape index (κ2) is 4.77. The molecular weight excluding hydrogens is 222 g/mol. The topological polar surface area (TPSA) is 74.8 Å². The van der Waals surface area contributed by atoms with Crippen molar-refractivity contribution in [3.8, 4) is 0 Å². The molecular formula is C10H13N5O2. The molecule has 0 radical (unpaired) electrons. The molecule has 0 N–H and O–H groups in total. The molecule has 2 rings (SSSR count). The Labute approximate surface area is 98.0 Å². The zero-order chi connectivity index (χ0) is 12.3. The quantitative estimate of drug-likeness (QED) is 0.714. The van der Waals surface area contributed by atoms with Crippen molar-refractivity contribution in [2.45, 2.75) is 20.0 Å². The first-order valence-electron chi connectivity index (χ1n) is 5.22. The average Bonchev–Trinajstić information content (AvgIpc) is 2.97. The van der Waals surface area contributed by atoms with E-state index in [2.05, 4.69) is 20.0 Å². The van der Waals surface area contributed by atoms with E-state index in [-0.39, 0.29) is 5.69 Å². The third-order valence-corrected chi connectivity index (χ3v) is 2.40. The van der Waals surface area contributed by atoms with Crippen molar-refractivity contribution < 1.29 is 9.53 Å². The first-order valence-corrected chi connectivity index (χ1v) is 5.22. The highest BCUT2D eigenvalue weighted by Crippen LogP contribution is 2.03. The first-order chi connectivity index (χ1) is 8.24. The molecule has 0 saturated carbocycles. The lowest BCUT2D eigenvalue weighted by Gasteiger charge is -2.03. The number of nitrogens with zero attached hydrogens (tertiary/aromatic N) is 5. The minimum Gasteiger partial charge on any atom is -0.464 e. The molecule has 0 spiro atoms. The van der Waals surface area contributed by atoms with Crippen LogP contribution in [0, 0.1) is 0 Å². The lowest BCUT2D eigenvalue weighted by atomic mass is 10.4. The van der Waals surface area contributed by atoms with Gasteiger partial charge in [0.2, 0.25) is 0 Å². The summed E-state index contributed by atoms with van der Waals surface area (Å²) in [5, 5.41) is 7.59. The fourth-order valence-corrected chi connectivity index (χ4v) is 1.50. The Kier molecular flexibility index (Phi) is 3.17. The Morgan fingerprint density at radius 1 is 1.53 bits per heavy atom. The number of esters is 1. The molecule has 0 amide bonds. The van der Waals surface area contributed by atoms with Crippen LogP contribution in [0.3, 0.4) is 0 Å². The van der Waals surface area contributed by atoms with Crippen molar-refractivity contribution >= 4 is 5.97 Å². The van der Waals surface area contributed by atoms with Gasteiger partial charge in [-0.3, -0.25) is 0 Å². The minimum atomic E-state index is -0.486. The highest BCUT2D eigenvalue weighted by Gasteiger charge is 2.11. The summed E-state index contributed by atoms with van der Waals surface area (Å²) in [6.07, 6.45) is 5.08. The van der Waals surface area contributed by atoms with E-state index < -0.39 is 5.97 Å². The second-order valence-corrected chi connectivity index (χ2v) is 3.46. The summed E-state index contributed by atoms with van der Waals surface area (Å²) in [4.78, 5) is 15.3. The van der Waals surface area contributed by atoms with Gasteiger partial charge in [-0.1, -0.05) is 5.21 Å². The molecule has 0 aliphatic heterocycles. The fraction of sp³-hybridized carbons (Fsp3) is 0.400. The molecule has 2 heterocycles. The minimum absolute atomic E-state index is 0.204. The molecule has 0 fully saturated rings. The number of imidazole rings is 1. The molecule has 7 heteroatoms. The number of carbonyl (C=O) groups excluding carboxylic acids is 1. The van der Waals surface area contributed by atoms with Crippen molar-refractivity contribution in [3.63, 3.8) is 0 Å². The molecule has 17 heavy (non-hydrogen) atoms. The number of methoxy groups -OCH3 is 1. The van der Waals surface area contributed by atoms with Crippen molar-refractivity contribution in [1.29, 1.82) is 0 Å². The largest absolute Gasteiger partial charge is 0.464 e. The molecule has 0 aliphatic carbocycles. The number of carbonyl (C=O) groups is 1. The zero-order valence-corrected chi connectivity index (χ0v) is 9.70. The summed E-state index contributed by atoms with van der Waals surface area (Å²) in [7, 11) is 1.31. The monoisotopic (exact) mass is 235 g/mol. The van der Waals surface area contributed by atoms with Crippen LogP contribution in [0.1, 0.15) is 23.1 Å². The number of hydrogen-bond donors (Lipinski definition) is 0. The van der Waals surface area contributed by atoms with E-state index in [4.69, 9.17) is 0 Å². The molecule has 7 nitrogen and oxygen atoms in total. The molecule has 2 aromatic rings. The molecule has 0 aliphatic rings. The van der Waals surface area contributed by atoms with Crippen LogP contribution in [0.4, 0.5) is 0 Å². The van der Waals surface area contributed by atoms with Gasteiger partial charge in [-0.05, 0) is 6.92 Å². The molecule has 90 valence electrons. The van der Waals surface area contributed by atoms with Gasteiger partial charge in [-0.15, -0.1) is 5.10 Å². The highest BCUT2D eigenvalue weighted by molar-refractivity contribution is 5.86. The Balaban J connectivity index is 2.14. The number of ether oxygens (including phenoxy) is 1. The smallest absolute Gasteiger partial charge is 0.360 e. The van der Waals surface area contributed by atoms with Crippen LogP contribution in [-0.4, -0.2) is 37.6 Å². The second-order valence-electron chi connectivity index (χ2n) is 3.46. The normalized spacial score (nSPS) is 10.5. The third kappa shape index (κ3) is 2.32. The zero-order valence-electron chi connectivity index (χ0n) is 9.70. The summed E-state index contributed by atoms with van der Waals surface area (Å²) >= 11 is 0. The van der Waals surface area contributed by atoms with Gasteiger partial charge in [0.1, 0.15) is 0 Å². The van der Waals surface area contributed by atoms with Crippen LogP contribution in [0.15, 0.2) is 18.7 Å². The number of rotatable bonds is 4. The average molecular weight is 235 g/mol. The van der Waals surface area contributed by atoms with Gasteiger partial charge in [0.05, 0.1) is 38.1 Å². The standard InChI is InChI=1S/C10H13N5O2/c1-3-14-7-11-4-8(14)5-15-6-9(12-13-15)10(16)17-2/h4,6-7H,3,5H2,1-2H3. The van der Waals surface area contributed by atoms with Gasteiger partial charge in [0, 0.05) is 6.54 Å². The Hall–Kier alpha value is -2.18. The van der Waals surface area contributed by atoms with E-state index in [1.165, 1.54) is 7.11 Å². The van der Waals surface area contributed by atoms with E-state index in [1.54, 1.807) is 23.4 Å². The number of aryl methyl sites for hydroxylation is 1. The maximum atomic E-state index is 11.2. The van der Waals surface area contributed by atoms with Crippen molar-refractivity contribution in [2.75, 3.05) is 7.11 Å². The van der Waals surface area contributed by atoms with Gasteiger partial charge >= 0.3 is 5.97 Å². The van der Waals surface area contributed by atoms with Crippen molar-refractivity contribution in [1.82, 2.24) is 24.5 Å². The van der Waals surface area contributed by atoms with Crippen LogP contribution < -0.4 is 0 Å². The molecule has 0 aromatic carbocycles. The molecule has 2 aromatic heterocycles. The van der Waals surface area contributed by atoms with Gasteiger partial charge in [0.25, 0.3) is 0 Å². The summed E-state index contributed by atoms with van der Waals surface area (Å²) < 4.78 is 8.14. The summed E-state index contributed by atoms with van der Waals surface area (Å²) in [5.41, 5.74) is 1.21. The summed E-state index contributed by atoms with van der Waals surface area (Å²) in [5.74, 6) is -0.486. The van der Waals surface area contributed by atoms with Gasteiger partial charge in [-0.2, -0.15) is 0 Å². The van der Waals surface area contributed by atoms with Crippen molar-refractivity contribution in [2.24, 2.45) is 0 Å². The maximum absolute atomic E-state index is 11.2. The lowest BCUT2D eigenvalue weighted by molar-refractivity contribution is 0.0594. The summed E-state index contributed by atoms with van der Waals surface area (Å²) in [6, 6.07) is 0. The Morgan fingerprint density at radius 2 is 2.35 bits per heavy atom.